The molecule has 0 spiro atoms. The molecule has 0 saturated heterocycles. The van der Waals surface area contributed by atoms with Crippen molar-refractivity contribution in [2.75, 3.05) is 13.2 Å². The second-order valence-electron chi connectivity index (χ2n) is 2.66. The fraction of sp³-hybridized carbons (Fsp3) is 0.667. The largest absolute Gasteiger partial charge is 0.411 e. The first-order valence-corrected chi connectivity index (χ1v) is 4.05. The van der Waals surface area contributed by atoms with Crippen molar-refractivity contribution in [3.8, 4) is 12.3 Å². The Balaban J connectivity index is 3.37. The number of halogens is 3. The van der Waals surface area contributed by atoms with Crippen LogP contribution < -0.4 is 0 Å². The van der Waals surface area contributed by atoms with Gasteiger partial charge in [-0.25, -0.2) is 0 Å². The van der Waals surface area contributed by atoms with Gasteiger partial charge in [0.25, 0.3) is 0 Å². The molecule has 0 rings (SSSR count). The second kappa shape index (κ2) is 6.44. The Bertz CT molecular complexity index is 215. The van der Waals surface area contributed by atoms with Crippen LogP contribution in [0.2, 0.25) is 0 Å². The zero-order valence-corrected chi connectivity index (χ0v) is 7.56. The minimum absolute atomic E-state index is 0.0161. The van der Waals surface area contributed by atoms with Gasteiger partial charge in [-0.05, 0) is 0 Å². The molecule has 0 aliphatic carbocycles. The third-order valence-corrected chi connectivity index (χ3v) is 1.34. The third-order valence-electron chi connectivity index (χ3n) is 1.34. The van der Waals surface area contributed by atoms with Crippen LogP contribution >= 0.6 is 0 Å². The van der Waals surface area contributed by atoms with Crippen LogP contribution in [0, 0.1) is 12.3 Å². The van der Waals surface area contributed by atoms with Crippen molar-refractivity contribution in [1.82, 2.24) is 0 Å². The van der Waals surface area contributed by atoms with Crippen molar-refractivity contribution >= 4 is 5.78 Å². The standard InChI is InChI=1S/C9H11F3O2/c1-2-3-4-8(13)5-6-14-7-9(10,11)12/h1H,3-7H2. The average Bonchev–Trinajstić information content (AvgIpc) is 2.07. The predicted molar refractivity (Wildman–Crippen MR) is 44.6 cm³/mol. The summed E-state index contributed by atoms with van der Waals surface area (Å²) in [5.41, 5.74) is 0. The number of hydrogen-bond donors (Lipinski definition) is 0. The van der Waals surface area contributed by atoms with E-state index >= 15 is 0 Å². The van der Waals surface area contributed by atoms with Gasteiger partial charge < -0.3 is 4.74 Å². The van der Waals surface area contributed by atoms with Gasteiger partial charge in [-0.15, -0.1) is 12.3 Å². The van der Waals surface area contributed by atoms with Crippen LogP contribution in [-0.2, 0) is 9.53 Å². The number of ketones is 1. The lowest BCUT2D eigenvalue weighted by atomic mass is 10.2. The highest BCUT2D eigenvalue weighted by molar-refractivity contribution is 5.78. The van der Waals surface area contributed by atoms with E-state index in [1.807, 2.05) is 0 Å². The number of hydrogen-bond acceptors (Lipinski definition) is 2. The molecular formula is C9H11F3O2. The highest BCUT2D eigenvalue weighted by Gasteiger charge is 2.27. The molecule has 0 unspecified atom stereocenters. The maximum atomic E-state index is 11.5. The Morgan fingerprint density at radius 3 is 2.50 bits per heavy atom. The molecule has 0 amide bonds. The first-order chi connectivity index (χ1) is 6.45. The Kier molecular flexibility index (Phi) is 5.97. The number of ether oxygens (including phenoxy) is 1. The zero-order chi connectivity index (χ0) is 11.0. The molecule has 0 saturated carbocycles. The first-order valence-electron chi connectivity index (χ1n) is 4.05. The number of terminal acetylenes is 1. The molecule has 5 heteroatoms. The predicted octanol–water partition coefficient (Wildman–Crippen LogP) is 1.94. The van der Waals surface area contributed by atoms with E-state index in [0.717, 1.165) is 0 Å². The minimum Gasteiger partial charge on any atom is -0.372 e. The van der Waals surface area contributed by atoms with Crippen molar-refractivity contribution in [2.45, 2.75) is 25.4 Å². The average molecular weight is 208 g/mol. The maximum absolute atomic E-state index is 11.5. The number of carbonyl (C=O) groups excluding carboxylic acids is 1. The van der Waals surface area contributed by atoms with Gasteiger partial charge in [-0.2, -0.15) is 13.2 Å². The quantitative estimate of drug-likeness (QED) is 0.492. The van der Waals surface area contributed by atoms with E-state index in [2.05, 4.69) is 10.7 Å². The zero-order valence-electron chi connectivity index (χ0n) is 7.56. The molecule has 0 fully saturated rings. The third kappa shape index (κ3) is 9.07. The van der Waals surface area contributed by atoms with Crippen LogP contribution in [0.5, 0.6) is 0 Å². The Labute approximate surface area is 80.4 Å². The lowest BCUT2D eigenvalue weighted by Crippen LogP contribution is -2.18. The van der Waals surface area contributed by atoms with E-state index in [-0.39, 0.29) is 25.2 Å². The SMILES string of the molecule is C#CCCC(=O)CCOCC(F)(F)F. The number of rotatable bonds is 6. The lowest BCUT2D eigenvalue weighted by Gasteiger charge is -2.06. The summed E-state index contributed by atoms with van der Waals surface area (Å²) < 4.78 is 38.9. The molecule has 0 aromatic heterocycles. The molecule has 80 valence electrons. The van der Waals surface area contributed by atoms with Gasteiger partial charge >= 0.3 is 6.18 Å². The van der Waals surface area contributed by atoms with E-state index in [0.29, 0.717) is 6.42 Å². The highest BCUT2D eigenvalue weighted by atomic mass is 19.4. The molecule has 0 aliphatic rings. The lowest BCUT2D eigenvalue weighted by molar-refractivity contribution is -0.174. The molecule has 0 radical (unpaired) electrons. The Hall–Kier alpha value is -1.02. The molecule has 2 nitrogen and oxygen atoms in total. The smallest absolute Gasteiger partial charge is 0.372 e. The van der Waals surface area contributed by atoms with Gasteiger partial charge in [0.05, 0.1) is 6.61 Å². The summed E-state index contributed by atoms with van der Waals surface area (Å²) in [5, 5.41) is 0. The van der Waals surface area contributed by atoms with Crippen LogP contribution in [0.25, 0.3) is 0 Å². The molecule has 0 aromatic carbocycles. The summed E-state index contributed by atoms with van der Waals surface area (Å²) in [7, 11) is 0. The summed E-state index contributed by atoms with van der Waals surface area (Å²) in [4.78, 5) is 10.9. The normalized spacial score (nSPS) is 11.0. The van der Waals surface area contributed by atoms with E-state index in [1.165, 1.54) is 0 Å². The van der Waals surface area contributed by atoms with E-state index < -0.39 is 12.8 Å². The molecule has 14 heavy (non-hydrogen) atoms. The molecule has 0 aromatic rings. The monoisotopic (exact) mass is 208 g/mol. The summed E-state index contributed by atoms with van der Waals surface area (Å²) in [6.07, 6.45) is 1.08. The molecule has 0 aliphatic heterocycles. The van der Waals surface area contributed by atoms with Crippen LogP contribution in [0.1, 0.15) is 19.3 Å². The van der Waals surface area contributed by atoms with Gasteiger partial charge in [0, 0.05) is 19.3 Å². The molecule has 0 heterocycles. The van der Waals surface area contributed by atoms with E-state index in [9.17, 15) is 18.0 Å². The van der Waals surface area contributed by atoms with Crippen LogP contribution in [-0.4, -0.2) is 25.2 Å². The second-order valence-corrected chi connectivity index (χ2v) is 2.66. The van der Waals surface area contributed by atoms with Crippen LogP contribution in [0.3, 0.4) is 0 Å². The van der Waals surface area contributed by atoms with Crippen molar-refractivity contribution in [2.24, 2.45) is 0 Å². The maximum Gasteiger partial charge on any atom is 0.411 e. The first kappa shape index (κ1) is 13.0. The van der Waals surface area contributed by atoms with Crippen LogP contribution in [0.4, 0.5) is 13.2 Å². The topological polar surface area (TPSA) is 26.3 Å². The van der Waals surface area contributed by atoms with Gasteiger partial charge in [0.1, 0.15) is 12.4 Å². The van der Waals surface area contributed by atoms with Crippen molar-refractivity contribution in [3.63, 3.8) is 0 Å². The summed E-state index contributed by atoms with van der Waals surface area (Å²) in [6.45, 7) is -1.52. The fourth-order valence-corrected chi connectivity index (χ4v) is 0.710. The van der Waals surface area contributed by atoms with Gasteiger partial charge in [0.2, 0.25) is 0 Å². The molecular weight excluding hydrogens is 197 g/mol. The Morgan fingerprint density at radius 2 is 2.00 bits per heavy atom. The van der Waals surface area contributed by atoms with Crippen molar-refractivity contribution in [1.29, 1.82) is 0 Å². The molecule has 0 N–H and O–H groups in total. The summed E-state index contributed by atoms with van der Waals surface area (Å²) >= 11 is 0. The number of carbonyl (C=O) groups is 1. The molecule has 0 atom stereocenters. The number of Topliss-reactive ketones (excluding diaryl/α,β-unsaturated/α-hetero) is 1. The van der Waals surface area contributed by atoms with Gasteiger partial charge in [0.15, 0.2) is 0 Å². The fourth-order valence-electron chi connectivity index (χ4n) is 0.710. The van der Waals surface area contributed by atoms with Crippen molar-refractivity contribution in [3.05, 3.63) is 0 Å². The summed E-state index contributed by atoms with van der Waals surface area (Å²) in [5.74, 6) is 2.10. The van der Waals surface area contributed by atoms with Gasteiger partial charge in [-0.3, -0.25) is 4.79 Å². The summed E-state index contributed by atoms with van der Waals surface area (Å²) in [6, 6.07) is 0. The van der Waals surface area contributed by atoms with E-state index in [4.69, 9.17) is 6.42 Å². The Morgan fingerprint density at radius 1 is 1.36 bits per heavy atom. The van der Waals surface area contributed by atoms with Gasteiger partial charge in [-0.1, -0.05) is 0 Å². The molecule has 0 bridgehead atoms. The van der Waals surface area contributed by atoms with Crippen LogP contribution in [0.15, 0.2) is 0 Å². The van der Waals surface area contributed by atoms with Crippen molar-refractivity contribution < 1.29 is 22.7 Å². The number of alkyl halides is 3. The minimum atomic E-state index is -4.33. The van der Waals surface area contributed by atoms with E-state index in [1.54, 1.807) is 0 Å². The highest BCUT2D eigenvalue weighted by Crippen LogP contribution is 2.14.